The van der Waals surface area contributed by atoms with Crippen LogP contribution in [0.15, 0.2) is 23.0 Å². The van der Waals surface area contributed by atoms with E-state index in [0.717, 1.165) is 0 Å². The molecular weight excluding hydrogens is 652 g/mol. The molecule has 0 aliphatic carbocycles. The third-order valence-electron chi connectivity index (χ3n) is 4.60. The summed E-state index contributed by atoms with van der Waals surface area (Å²) in [5, 5.41) is 37.0. The molecule has 4 N–H and O–H groups in total. The second-order valence-electron chi connectivity index (χ2n) is 8.58. The van der Waals surface area contributed by atoms with Gasteiger partial charge in [-0.1, -0.05) is 41.5 Å². The molecule has 0 saturated carbocycles. The van der Waals surface area contributed by atoms with Gasteiger partial charge in [-0.2, -0.15) is 0 Å². The summed E-state index contributed by atoms with van der Waals surface area (Å²) < 4.78 is 31.3. The number of hydrogen-bond acceptors (Lipinski definition) is 10. The van der Waals surface area contributed by atoms with E-state index in [1.54, 1.807) is 13.8 Å². The Morgan fingerprint density at radius 2 is 0.698 bits per heavy atom. The fourth-order valence-electron chi connectivity index (χ4n) is 2.81. The molecule has 0 fully saturated rings. The molecule has 2 atom stereocenters. The van der Waals surface area contributed by atoms with E-state index in [4.69, 9.17) is 28.4 Å². The number of carboxylic acid groups (broad SMARTS) is 4. The van der Waals surface area contributed by atoms with Crippen molar-refractivity contribution in [3.63, 3.8) is 0 Å². The number of aliphatic carboxylic acids is 4. The second-order valence-corrected chi connectivity index (χ2v) is 8.58. The van der Waals surface area contributed by atoms with Crippen LogP contribution in [-0.2, 0) is 73.8 Å². The van der Waals surface area contributed by atoms with Crippen molar-refractivity contribution in [2.45, 2.75) is 92.3 Å². The van der Waals surface area contributed by atoms with E-state index in [0.29, 0.717) is 38.5 Å². The molecule has 0 aromatic rings. The summed E-state index contributed by atoms with van der Waals surface area (Å²) in [5.41, 5.74) is -1.03. The SMILES string of the molecule is CCCOC(OCCC)=C(C(=O)O)C(OCCC)C(=O)O.CCCOC(OCCC)=C(C(=O)O)C(OCCC)C(=O)O.[Zr]. The minimum Gasteiger partial charge on any atom is -0.479 e. The van der Waals surface area contributed by atoms with Crippen LogP contribution in [0.3, 0.4) is 0 Å². The van der Waals surface area contributed by atoms with Gasteiger partial charge in [-0.15, -0.1) is 0 Å². The van der Waals surface area contributed by atoms with Gasteiger partial charge in [0.1, 0.15) is 0 Å². The molecule has 2 unspecified atom stereocenters. The molecule has 0 bridgehead atoms. The standard InChI is InChI=1S/2C14H24O7.Zr/c2*1-4-7-19-11(13(17)18)10(12(15)16)14(20-8-5-2)21-9-6-3;/h2*11H,4-9H2,1-3H3,(H,15,16)(H,17,18);. The van der Waals surface area contributed by atoms with Crippen LogP contribution in [0.1, 0.15) is 80.1 Å². The fourth-order valence-corrected chi connectivity index (χ4v) is 2.81. The van der Waals surface area contributed by atoms with E-state index in [1.807, 2.05) is 27.7 Å². The first-order valence-electron chi connectivity index (χ1n) is 14.1. The van der Waals surface area contributed by atoms with E-state index in [9.17, 15) is 39.6 Å². The van der Waals surface area contributed by atoms with Gasteiger partial charge in [-0.3, -0.25) is 0 Å². The van der Waals surface area contributed by atoms with Crippen LogP contribution in [0.25, 0.3) is 0 Å². The Morgan fingerprint density at radius 1 is 0.465 bits per heavy atom. The van der Waals surface area contributed by atoms with Crippen LogP contribution in [0, 0.1) is 0 Å². The summed E-state index contributed by atoms with van der Waals surface area (Å²) in [5.74, 6) is -6.21. The van der Waals surface area contributed by atoms with Crippen molar-refractivity contribution >= 4 is 23.9 Å². The van der Waals surface area contributed by atoms with Gasteiger partial charge >= 0.3 is 23.9 Å². The van der Waals surface area contributed by atoms with Gasteiger partial charge in [0.2, 0.25) is 0 Å². The minimum atomic E-state index is -1.62. The van der Waals surface area contributed by atoms with Crippen LogP contribution < -0.4 is 0 Å². The van der Waals surface area contributed by atoms with E-state index in [-0.39, 0.29) is 77.7 Å². The van der Waals surface area contributed by atoms with Gasteiger partial charge in [0.05, 0.1) is 26.4 Å². The van der Waals surface area contributed by atoms with E-state index >= 15 is 0 Å². The molecule has 0 rings (SSSR count). The summed E-state index contributed by atoms with van der Waals surface area (Å²) in [6.45, 7) is 12.2. The molecule has 0 heterocycles. The Bertz CT molecular complexity index is 782. The molecule has 0 radical (unpaired) electrons. The van der Waals surface area contributed by atoms with Crippen molar-refractivity contribution in [3.05, 3.63) is 23.0 Å². The predicted molar refractivity (Wildman–Crippen MR) is 150 cm³/mol. The van der Waals surface area contributed by atoms with Crippen LogP contribution in [0.2, 0.25) is 0 Å². The van der Waals surface area contributed by atoms with Crippen molar-refractivity contribution in [3.8, 4) is 0 Å². The van der Waals surface area contributed by atoms with Gasteiger partial charge in [0, 0.05) is 39.4 Å². The second kappa shape index (κ2) is 28.2. The topological polar surface area (TPSA) is 205 Å². The fraction of sp³-hybridized carbons (Fsp3) is 0.714. The smallest absolute Gasteiger partial charge is 0.342 e. The molecule has 0 aromatic heterocycles. The van der Waals surface area contributed by atoms with Gasteiger partial charge in [0.15, 0.2) is 23.4 Å². The Hall–Kier alpha value is -2.64. The zero-order chi connectivity index (χ0) is 32.5. The number of ether oxygens (including phenoxy) is 6. The molecule has 0 aliphatic rings. The number of carbonyl (C=O) groups is 4. The molecule has 0 saturated heterocycles. The van der Waals surface area contributed by atoms with Crippen molar-refractivity contribution in [1.82, 2.24) is 0 Å². The summed E-state index contributed by atoms with van der Waals surface area (Å²) in [4.78, 5) is 45.4. The van der Waals surface area contributed by atoms with Crippen molar-refractivity contribution in [1.29, 1.82) is 0 Å². The molecule has 0 amide bonds. The molecule has 248 valence electrons. The van der Waals surface area contributed by atoms with Gasteiger partial charge < -0.3 is 48.8 Å². The Balaban J connectivity index is -0.000000727. The molecule has 43 heavy (non-hydrogen) atoms. The molecular formula is C28H48O14Zr. The maximum Gasteiger partial charge on any atom is 0.342 e. The first-order valence-corrected chi connectivity index (χ1v) is 14.1. The Kier molecular flexibility index (Phi) is 29.3. The summed E-state index contributed by atoms with van der Waals surface area (Å²) >= 11 is 0. The number of hydrogen-bond donors (Lipinski definition) is 4. The number of rotatable bonds is 24. The van der Waals surface area contributed by atoms with Crippen LogP contribution in [-0.4, -0.2) is 96.2 Å². The quantitative estimate of drug-likeness (QED) is 0.0830. The first-order chi connectivity index (χ1) is 20.0. The first kappa shape index (κ1) is 44.8. The van der Waals surface area contributed by atoms with Crippen LogP contribution >= 0.6 is 0 Å². The summed E-state index contributed by atoms with van der Waals surface area (Å²) in [6, 6.07) is 0. The Morgan fingerprint density at radius 3 is 0.860 bits per heavy atom. The summed E-state index contributed by atoms with van der Waals surface area (Å²) in [6.07, 6.45) is 0.449. The molecule has 0 aliphatic heterocycles. The van der Waals surface area contributed by atoms with Crippen LogP contribution in [0.5, 0.6) is 0 Å². The molecule has 0 aromatic carbocycles. The van der Waals surface area contributed by atoms with Gasteiger partial charge in [-0.25, -0.2) is 19.2 Å². The Labute approximate surface area is 272 Å². The van der Waals surface area contributed by atoms with E-state index in [2.05, 4.69) is 0 Å². The zero-order valence-corrected chi connectivity index (χ0v) is 28.5. The third-order valence-corrected chi connectivity index (χ3v) is 4.60. The van der Waals surface area contributed by atoms with E-state index in [1.165, 1.54) is 0 Å². The van der Waals surface area contributed by atoms with Crippen LogP contribution in [0.4, 0.5) is 0 Å². The summed E-state index contributed by atoms with van der Waals surface area (Å²) in [7, 11) is 0. The average Bonchev–Trinajstić information content (AvgIpc) is 2.94. The maximum atomic E-state index is 11.4. The minimum absolute atomic E-state index is 0. The number of carboxylic acids is 4. The molecule has 14 nitrogen and oxygen atoms in total. The average molecular weight is 700 g/mol. The monoisotopic (exact) mass is 698 g/mol. The molecule has 0 spiro atoms. The van der Waals surface area contributed by atoms with Crippen molar-refractivity contribution in [2.24, 2.45) is 0 Å². The van der Waals surface area contributed by atoms with E-state index < -0.39 is 47.2 Å². The molecule has 15 heteroatoms. The van der Waals surface area contributed by atoms with Gasteiger partial charge in [-0.05, 0) is 38.5 Å². The predicted octanol–water partition coefficient (Wildman–Crippen LogP) is 4.03. The third kappa shape index (κ3) is 19.3. The van der Waals surface area contributed by atoms with Crippen molar-refractivity contribution < 1.29 is 94.2 Å². The normalized spacial score (nSPS) is 11.3. The maximum absolute atomic E-state index is 11.4. The van der Waals surface area contributed by atoms with Gasteiger partial charge in [0.25, 0.3) is 11.9 Å². The largest absolute Gasteiger partial charge is 0.479 e. The zero-order valence-electron chi connectivity index (χ0n) is 26.0. The van der Waals surface area contributed by atoms with Crippen molar-refractivity contribution in [2.75, 3.05) is 39.6 Å².